The van der Waals surface area contributed by atoms with E-state index >= 15 is 0 Å². The lowest BCUT2D eigenvalue weighted by molar-refractivity contribution is 0.772. The van der Waals surface area contributed by atoms with Gasteiger partial charge in [-0.1, -0.05) is 42.0 Å². The lowest BCUT2D eigenvalue weighted by atomic mass is 10.2. The van der Waals surface area contributed by atoms with Gasteiger partial charge in [0.25, 0.3) is 5.56 Å². The second-order valence-corrected chi connectivity index (χ2v) is 6.56. The van der Waals surface area contributed by atoms with Crippen molar-refractivity contribution in [1.29, 1.82) is 0 Å². The summed E-state index contributed by atoms with van der Waals surface area (Å²) in [6, 6.07) is 22.2. The summed E-state index contributed by atoms with van der Waals surface area (Å²) in [5, 5.41) is 1.01. The molecule has 0 fully saturated rings. The van der Waals surface area contributed by atoms with E-state index < -0.39 is 0 Å². The van der Waals surface area contributed by atoms with Crippen LogP contribution in [0.5, 0.6) is 0 Å². The first-order valence-electron chi connectivity index (χ1n) is 8.68. The molecule has 0 radical (unpaired) electrons. The number of aryl methyl sites for hydroxylation is 1. The van der Waals surface area contributed by atoms with E-state index in [2.05, 4.69) is 4.98 Å². The van der Waals surface area contributed by atoms with Gasteiger partial charge in [0.15, 0.2) is 0 Å². The maximum atomic E-state index is 13.3. The van der Waals surface area contributed by atoms with E-state index in [0.29, 0.717) is 21.8 Å². The number of nitrogens with zero attached hydrogens (tertiary/aromatic N) is 3. The minimum Gasteiger partial charge on any atom is -0.285 e. The molecule has 0 amide bonds. The third kappa shape index (κ3) is 2.22. The second kappa shape index (κ2) is 5.64. The van der Waals surface area contributed by atoms with Crippen LogP contribution < -0.4 is 11.0 Å². The van der Waals surface area contributed by atoms with E-state index in [0.717, 1.165) is 11.3 Å². The number of fused-ring (bicyclic) bond motifs is 3. The summed E-state index contributed by atoms with van der Waals surface area (Å²) in [6.45, 7) is 2.01. The SMILES string of the molecule is Cc1ccc(-n2c3ccccc3c(=O)c3nc4ccccc4c(=O)n32)cc1. The first-order chi connectivity index (χ1) is 13.1. The van der Waals surface area contributed by atoms with Crippen LogP contribution >= 0.6 is 0 Å². The van der Waals surface area contributed by atoms with Gasteiger partial charge in [0.1, 0.15) is 0 Å². The van der Waals surface area contributed by atoms with E-state index in [1.165, 1.54) is 4.52 Å². The van der Waals surface area contributed by atoms with Crippen molar-refractivity contribution in [3.63, 3.8) is 0 Å². The van der Waals surface area contributed by atoms with Crippen LogP contribution in [0.25, 0.3) is 33.1 Å². The van der Waals surface area contributed by atoms with Crippen molar-refractivity contribution >= 4 is 27.5 Å². The molecule has 0 saturated heterocycles. The maximum Gasteiger partial charge on any atom is 0.281 e. The van der Waals surface area contributed by atoms with E-state index in [4.69, 9.17) is 0 Å². The molecule has 0 saturated carbocycles. The number of hydrogen-bond acceptors (Lipinski definition) is 3. The second-order valence-electron chi connectivity index (χ2n) is 6.56. The van der Waals surface area contributed by atoms with Crippen molar-refractivity contribution in [2.45, 2.75) is 6.92 Å². The van der Waals surface area contributed by atoms with Crippen molar-refractivity contribution in [1.82, 2.24) is 14.2 Å². The first-order valence-corrected chi connectivity index (χ1v) is 8.68. The smallest absolute Gasteiger partial charge is 0.281 e. The normalized spacial score (nSPS) is 11.4. The van der Waals surface area contributed by atoms with E-state index in [1.807, 2.05) is 55.5 Å². The minimum absolute atomic E-state index is 0.123. The Morgan fingerprint density at radius 3 is 2.22 bits per heavy atom. The van der Waals surface area contributed by atoms with Crippen LogP contribution in [0.4, 0.5) is 0 Å². The lowest BCUT2D eigenvalue weighted by Gasteiger charge is -2.16. The molecule has 2 aromatic heterocycles. The molecule has 0 aliphatic heterocycles. The molecule has 0 N–H and O–H groups in total. The molecule has 0 aliphatic carbocycles. The molecular weight excluding hydrogens is 338 g/mol. The van der Waals surface area contributed by atoms with Gasteiger partial charge in [0.05, 0.1) is 27.5 Å². The molecule has 0 spiro atoms. The van der Waals surface area contributed by atoms with Gasteiger partial charge in [-0.05, 0) is 43.3 Å². The zero-order valence-corrected chi connectivity index (χ0v) is 14.6. The van der Waals surface area contributed by atoms with Crippen LogP contribution in [0.15, 0.2) is 82.4 Å². The van der Waals surface area contributed by atoms with Crippen molar-refractivity contribution in [2.24, 2.45) is 0 Å². The number of benzene rings is 3. The maximum absolute atomic E-state index is 13.3. The predicted molar refractivity (Wildman–Crippen MR) is 107 cm³/mol. The van der Waals surface area contributed by atoms with Crippen LogP contribution in [-0.4, -0.2) is 14.2 Å². The van der Waals surface area contributed by atoms with Gasteiger partial charge in [0.2, 0.25) is 11.1 Å². The van der Waals surface area contributed by atoms with Crippen LogP contribution in [0.3, 0.4) is 0 Å². The van der Waals surface area contributed by atoms with Gasteiger partial charge in [0, 0.05) is 0 Å². The summed E-state index contributed by atoms with van der Waals surface area (Å²) < 4.78 is 3.16. The third-order valence-electron chi connectivity index (χ3n) is 4.81. The molecule has 0 unspecified atom stereocenters. The molecular formula is C22H15N3O2. The number of para-hydroxylation sites is 2. The molecule has 5 rings (SSSR count). The lowest BCUT2D eigenvalue weighted by Crippen LogP contribution is -2.29. The fourth-order valence-electron chi connectivity index (χ4n) is 3.48. The Bertz CT molecular complexity index is 1460. The Labute approximate surface area is 153 Å². The van der Waals surface area contributed by atoms with Crippen molar-refractivity contribution in [2.75, 3.05) is 0 Å². The highest BCUT2D eigenvalue weighted by Gasteiger charge is 2.16. The number of aromatic nitrogens is 3. The Morgan fingerprint density at radius 2 is 1.44 bits per heavy atom. The predicted octanol–water partition coefficient (Wildman–Crippen LogP) is 3.46. The first kappa shape index (κ1) is 15.5. The van der Waals surface area contributed by atoms with E-state index in [1.54, 1.807) is 28.9 Å². The molecule has 3 aromatic carbocycles. The highest BCUT2D eigenvalue weighted by Crippen LogP contribution is 2.18. The van der Waals surface area contributed by atoms with Gasteiger partial charge in [-0.2, -0.15) is 4.52 Å². The standard InChI is InChI=1S/C22H15N3O2/c1-14-10-12-15(13-11-14)24-19-9-5-3-7-17(19)20(26)21-23-18-8-4-2-6-16(18)22(27)25(21)24/h2-13H,1H3. The molecule has 5 nitrogen and oxygen atoms in total. The van der Waals surface area contributed by atoms with Crippen LogP contribution in [0, 0.1) is 6.92 Å². The number of hydrogen-bond donors (Lipinski definition) is 0. The summed E-state index contributed by atoms with van der Waals surface area (Å²) in [7, 11) is 0. The van der Waals surface area contributed by atoms with Crippen molar-refractivity contribution < 1.29 is 0 Å². The Morgan fingerprint density at radius 1 is 0.778 bits per heavy atom. The molecule has 27 heavy (non-hydrogen) atoms. The largest absolute Gasteiger partial charge is 0.285 e. The molecule has 0 aliphatic rings. The zero-order valence-electron chi connectivity index (χ0n) is 14.6. The molecule has 130 valence electrons. The quantitative estimate of drug-likeness (QED) is 0.434. The Hall–Kier alpha value is -3.73. The van der Waals surface area contributed by atoms with E-state index in [-0.39, 0.29) is 16.6 Å². The van der Waals surface area contributed by atoms with Gasteiger partial charge in [-0.3, -0.25) is 9.59 Å². The molecule has 2 heterocycles. The van der Waals surface area contributed by atoms with Gasteiger partial charge in [-0.15, -0.1) is 0 Å². The highest BCUT2D eigenvalue weighted by molar-refractivity contribution is 5.85. The Kier molecular flexibility index (Phi) is 3.24. The summed E-state index contributed by atoms with van der Waals surface area (Å²) in [5.41, 5.74) is 2.70. The van der Waals surface area contributed by atoms with Gasteiger partial charge < -0.3 is 0 Å². The third-order valence-corrected chi connectivity index (χ3v) is 4.81. The van der Waals surface area contributed by atoms with Crippen LogP contribution in [0.1, 0.15) is 5.56 Å². The van der Waals surface area contributed by atoms with E-state index in [9.17, 15) is 9.59 Å². The average molecular weight is 353 g/mol. The fraction of sp³-hybridized carbons (Fsp3) is 0.0455. The van der Waals surface area contributed by atoms with Crippen LogP contribution in [-0.2, 0) is 0 Å². The topological polar surface area (TPSA) is 56.4 Å². The minimum atomic E-state index is -0.265. The monoisotopic (exact) mass is 353 g/mol. The average Bonchev–Trinajstić information content (AvgIpc) is 2.70. The molecule has 0 atom stereocenters. The van der Waals surface area contributed by atoms with Crippen LogP contribution in [0.2, 0.25) is 0 Å². The van der Waals surface area contributed by atoms with Gasteiger partial charge in [-0.25, -0.2) is 9.67 Å². The molecule has 5 aromatic rings. The summed E-state index contributed by atoms with van der Waals surface area (Å²) >= 11 is 0. The Balaban J connectivity index is 2.12. The highest BCUT2D eigenvalue weighted by atomic mass is 16.1. The zero-order chi connectivity index (χ0) is 18.5. The van der Waals surface area contributed by atoms with Crippen molar-refractivity contribution in [3.05, 3.63) is 98.9 Å². The number of rotatable bonds is 1. The fourth-order valence-corrected chi connectivity index (χ4v) is 3.48. The molecule has 0 bridgehead atoms. The summed E-state index contributed by atoms with van der Waals surface area (Å²) in [4.78, 5) is 30.9. The molecule has 5 heteroatoms. The summed E-state index contributed by atoms with van der Waals surface area (Å²) in [5.74, 6) is 0. The van der Waals surface area contributed by atoms with Gasteiger partial charge >= 0.3 is 0 Å². The van der Waals surface area contributed by atoms with Crippen molar-refractivity contribution in [3.8, 4) is 5.69 Å². The summed E-state index contributed by atoms with van der Waals surface area (Å²) in [6.07, 6.45) is 0.